The molecule has 124 valence electrons. The van der Waals surface area contributed by atoms with Crippen LogP contribution in [-0.2, 0) is 22.7 Å². The summed E-state index contributed by atoms with van der Waals surface area (Å²) >= 11 is 1.27. The summed E-state index contributed by atoms with van der Waals surface area (Å²) in [5.74, 6) is 0.119. The predicted octanol–water partition coefficient (Wildman–Crippen LogP) is 2.82. The van der Waals surface area contributed by atoms with Gasteiger partial charge in [-0.2, -0.15) is 5.26 Å². The van der Waals surface area contributed by atoms with Crippen molar-refractivity contribution in [1.29, 1.82) is 5.26 Å². The maximum absolute atomic E-state index is 12.0. The van der Waals surface area contributed by atoms with Gasteiger partial charge in [0, 0.05) is 19.3 Å². The molecule has 0 radical (unpaired) electrons. The van der Waals surface area contributed by atoms with Gasteiger partial charge < -0.3 is 10.1 Å². The Hall–Kier alpha value is -2.36. The number of pyridine rings is 1. The smallest absolute Gasteiger partial charge is 0.230 e. The maximum Gasteiger partial charge on any atom is 0.230 e. The van der Waals surface area contributed by atoms with Crippen molar-refractivity contribution in [3.8, 4) is 6.07 Å². The zero-order chi connectivity index (χ0) is 17.4. The zero-order valence-electron chi connectivity index (χ0n) is 13.7. The third-order valence-electron chi connectivity index (χ3n) is 3.28. The molecule has 0 fully saturated rings. The van der Waals surface area contributed by atoms with Gasteiger partial charge in [-0.1, -0.05) is 42.1 Å². The van der Waals surface area contributed by atoms with Crippen LogP contribution in [0.15, 0.2) is 41.4 Å². The topological polar surface area (TPSA) is 75.0 Å². The number of aromatic nitrogens is 1. The number of aryl methyl sites for hydroxylation is 1. The lowest BCUT2D eigenvalue weighted by molar-refractivity contribution is -0.118. The molecule has 0 bridgehead atoms. The third kappa shape index (κ3) is 5.08. The number of carbonyl (C=O) groups is 1. The predicted molar refractivity (Wildman–Crippen MR) is 93.4 cm³/mol. The third-order valence-corrected chi connectivity index (χ3v) is 4.26. The normalized spacial score (nSPS) is 10.2. The Morgan fingerprint density at radius 3 is 2.79 bits per heavy atom. The van der Waals surface area contributed by atoms with E-state index < -0.39 is 0 Å². The van der Waals surface area contributed by atoms with Crippen molar-refractivity contribution >= 4 is 17.7 Å². The van der Waals surface area contributed by atoms with Crippen molar-refractivity contribution in [3.05, 3.63) is 58.8 Å². The average Bonchev–Trinajstić information content (AvgIpc) is 2.59. The number of rotatable bonds is 7. The van der Waals surface area contributed by atoms with Crippen molar-refractivity contribution in [2.75, 3.05) is 12.9 Å². The van der Waals surface area contributed by atoms with Gasteiger partial charge in [0.1, 0.15) is 11.1 Å². The van der Waals surface area contributed by atoms with E-state index in [4.69, 9.17) is 4.74 Å². The Morgan fingerprint density at radius 1 is 1.38 bits per heavy atom. The summed E-state index contributed by atoms with van der Waals surface area (Å²) in [4.78, 5) is 16.4. The van der Waals surface area contributed by atoms with E-state index >= 15 is 0 Å². The molecule has 5 nitrogen and oxygen atoms in total. The molecule has 0 unspecified atom stereocenters. The molecule has 6 heteroatoms. The first kappa shape index (κ1) is 18.0. The summed E-state index contributed by atoms with van der Waals surface area (Å²) in [6, 6.07) is 13.7. The molecule has 1 aromatic carbocycles. The highest BCUT2D eigenvalue weighted by Gasteiger charge is 2.13. The van der Waals surface area contributed by atoms with Crippen LogP contribution in [0, 0.1) is 18.3 Å². The van der Waals surface area contributed by atoms with Crippen LogP contribution in [-0.4, -0.2) is 23.8 Å². The highest BCUT2D eigenvalue weighted by Crippen LogP contribution is 2.24. The van der Waals surface area contributed by atoms with Gasteiger partial charge in [-0.05, 0) is 24.1 Å². The molecule has 0 saturated carbocycles. The van der Waals surface area contributed by atoms with E-state index in [0.29, 0.717) is 23.7 Å². The van der Waals surface area contributed by atoms with Crippen LogP contribution in [0.2, 0.25) is 0 Å². The molecule has 1 amide bonds. The Morgan fingerprint density at radius 2 is 2.12 bits per heavy atom. The van der Waals surface area contributed by atoms with E-state index in [2.05, 4.69) is 16.4 Å². The van der Waals surface area contributed by atoms with Crippen LogP contribution < -0.4 is 5.32 Å². The lowest BCUT2D eigenvalue weighted by Gasteiger charge is -2.10. The Balaban J connectivity index is 1.98. The van der Waals surface area contributed by atoms with Gasteiger partial charge in [0.05, 0.1) is 17.9 Å². The Bertz CT molecular complexity index is 742. The van der Waals surface area contributed by atoms with Crippen molar-refractivity contribution in [2.24, 2.45) is 0 Å². The second-order valence-corrected chi connectivity index (χ2v) is 6.16. The summed E-state index contributed by atoms with van der Waals surface area (Å²) in [5.41, 5.74) is 3.11. The zero-order valence-corrected chi connectivity index (χ0v) is 14.5. The minimum Gasteiger partial charge on any atom is -0.380 e. The summed E-state index contributed by atoms with van der Waals surface area (Å²) in [5, 5.41) is 12.8. The van der Waals surface area contributed by atoms with Gasteiger partial charge in [-0.3, -0.25) is 4.79 Å². The number of nitrogens with zero attached hydrogens (tertiary/aromatic N) is 2. The number of thioether (sulfide) groups is 1. The largest absolute Gasteiger partial charge is 0.380 e. The number of methoxy groups -OCH3 is 1. The highest BCUT2D eigenvalue weighted by atomic mass is 32.2. The standard InChI is InChI=1S/C18H19N3O2S/c1-13-8-15(11-23-2)16(9-19)18(21-13)24-12-17(22)20-10-14-6-4-3-5-7-14/h3-8H,10-12H2,1-2H3,(H,20,22). The van der Waals surface area contributed by atoms with Gasteiger partial charge in [0.15, 0.2) is 0 Å². The maximum atomic E-state index is 12.0. The molecule has 0 saturated heterocycles. The summed E-state index contributed by atoms with van der Waals surface area (Å²) < 4.78 is 5.13. The van der Waals surface area contributed by atoms with Crippen LogP contribution in [0.3, 0.4) is 0 Å². The first-order valence-electron chi connectivity index (χ1n) is 7.47. The highest BCUT2D eigenvalue weighted by molar-refractivity contribution is 8.00. The molecule has 24 heavy (non-hydrogen) atoms. The second kappa shape index (κ2) is 9.06. The van der Waals surface area contributed by atoms with Crippen LogP contribution in [0.5, 0.6) is 0 Å². The number of amides is 1. The number of hydrogen-bond donors (Lipinski definition) is 1. The molecule has 1 aromatic heterocycles. The molecule has 0 aliphatic rings. The van der Waals surface area contributed by atoms with Crippen LogP contribution in [0.25, 0.3) is 0 Å². The first-order chi connectivity index (χ1) is 11.6. The number of nitrogens with one attached hydrogen (secondary N) is 1. The fourth-order valence-electron chi connectivity index (χ4n) is 2.18. The van der Waals surface area contributed by atoms with Crippen molar-refractivity contribution in [2.45, 2.75) is 25.1 Å². The molecule has 2 aromatic rings. The average molecular weight is 341 g/mol. The van der Waals surface area contributed by atoms with Crippen molar-refractivity contribution < 1.29 is 9.53 Å². The van der Waals surface area contributed by atoms with E-state index in [0.717, 1.165) is 16.8 Å². The summed E-state index contributed by atoms with van der Waals surface area (Å²) in [6.45, 7) is 2.70. The quantitative estimate of drug-likeness (QED) is 0.784. The van der Waals surface area contributed by atoms with Gasteiger partial charge >= 0.3 is 0 Å². The Labute approximate surface area is 146 Å². The fourth-order valence-corrected chi connectivity index (χ4v) is 3.08. The van der Waals surface area contributed by atoms with Crippen LogP contribution in [0.4, 0.5) is 0 Å². The molecule has 1 N–H and O–H groups in total. The van der Waals surface area contributed by atoms with Crippen LogP contribution >= 0.6 is 11.8 Å². The number of carbonyl (C=O) groups excluding carboxylic acids is 1. The number of benzene rings is 1. The second-order valence-electron chi connectivity index (χ2n) is 5.20. The summed E-state index contributed by atoms with van der Waals surface area (Å²) in [7, 11) is 1.58. The molecule has 2 rings (SSSR count). The molecule has 0 aliphatic carbocycles. The monoisotopic (exact) mass is 341 g/mol. The van der Waals surface area contributed by atoms with E-state index in [1.54, 1.807) is 7.11 Å². The van der Waals surface area contributed by atoms with E-state index in [1.807, 2.05) is 43.3 Å². The lowest BCUT2D eigenvalue weighted by atomic mass is 10.1. The lowest BCUT2D eigenvalue weighted by Crippen LogP contribution is -2.24. The minimum absolute atomic E-state index is 0.0932. The molecule has 1 heterocycles. The van der Waals surface area contributed by atoms with Gasteiger partial charge in [0.2, 0.25) is 5.91 Å². The number of hydrogen-bond acceptors (Lipinski definition) is 5. The molecular formula is C18H19N3O2S. The minimum atomic E-state index is -0.0932. The Kier molecular flexibility index (Phi) is 6.79. The molecule has 0 atom stereocenters. The fraction of sp³-hybridized carbons (Fsp3) is 0.278. The van der Waals surface area contributed by atoms with E-state index in [9.17, 15) is 10.1 Å². The summed E-state index contributed by atoms with van der Waals surface area (Å²) in [6.07, 6.45) is 0. The first-order valence-corrected chi connectivity index (χ1v) is 8.45. The molecular weight excluding hydrogens is 322 g/mol. The number of nitriles is 1. The molecule has 0 spiro atoms. The SMILES string of the molecule is COCc1cc(C)nc(SCC(=O)NCc2ccccc2)c1C#N. The van der Waals surface area contributed by atoms with E-state index in [-0.39, 0.29) is 11.7 Å². The van der Waals surface area contributed by atoms with Gasteiger partial charge in [0.25, 0.3) is 0 Å². The van der Waals surface area contributed by atoms with E-state index in [1.165, 1.54) is 11.8 Å². The van der Waals surface area contributed by atoms with Crippen molar-refractivity contribution in [3.63, 3.8) is 0 Å². The van der Waals surface area contributed by atoms with Crippen LogP contribution in [0.1, 0.15) is 22.4 Å². The van der Waals surface area contributed by atoms with Crippen molar-refractivity contribution in [1.82, 2.24) is 10.3 Å². The molecule has 0 aliphatic heterocycles. The number of ether oxygens (including phenoxy) is 1. The van der Waals surface area contributed by atoms with Gasteiger partial charge in [-0.25, -0.2) is 4.98 Å². The van der Waals surface area contributed by atoms with Gasteiger partial charge in [-0.15, -0.1) is 0 Å².